The molecule has 21 heavy (non-hydrogen) atoms. The first-order chi connectivity index (χ1) is 9.94. The number of ether oxygens (including phenoxy) is 2. The Morgan fingerprint density at radius 1 is 1.14 bits per heavy atom. The molecule has 0 amide bonds. The Hall–Kier alpha value is -1.67. The lowest BCUT2D eigenvalue weighted by Gasteiger charge is -2.44. The predicted molar refractivity (Wildman–Crippen MR) is 68.3 cm³/mol. The van der Waals surface area contributed by atoms with Crippen molar-refractivity contribution in [2.24, 2.45) is 0 Å². The van der Waals surface area contributed by atoms with Crippen molar-refractivity contribution in [3.63, 3.8) is 0 Å². The standard InChI is InChI=1S/C14H16O7/c15-8-3-1-7(2-4-8)9-5-11(17)21-14(9)13(19)12(18)10(16)6-20-14/h1-4,9-10,12-13,15-16,18-19H,5-6H2/t9-,10+,12-,13-,14+/m0/s1. The quantitative estimate of drug-likeness (QED) is 0.503. The molecule has 3 rings (SSSR count). The Morgan fingerprint density at radius 3 is 2.48 bits per heavy atom. The van der Waals surface area contributed by atoms with Gasteiger partial charge in [-0.3, -0.25) is 4.79 Å². The van der Waals surface area contributed by atoms with Crippen LogP contribution in [-0.2, 0) is 14.3 Å². The van der Waals surface area contributed by atoms with Gasteiger partial charge in [0.25, 0.3) is 0 Å². The van der Waals surface area contributed by atoms with Gasteiger partial charge < -0.3 is 29.9 Å². The van der Waals surface area contributed by atoms with Crippen molar-refractivity contribution in [3.05, 3.63) is 29.8 Å². The minimum Gasteiger partial charge on any atom is -0.508 e. The molecule has 0 unspecified atom stereocenters. The highest BCUT2D eigenvalue weighted by atomic mass is 16.7. The highest BCUT2D eigenvalue weighted by molar-refractivity contribution is 5.74. The lowest BCUT2D eigenvalue weighted by atomic mass is 9.82. The Kier molecular flexibility index (Phi) is 3.37. The molecule has 7 heteroatoms. The van der Waals surface area contributed by atoms with Gasteiger partial charge >= 0.3 is 5.97 Å². The SMILES string of the molecule is O=C1C[C@@H](c2ccc(O)cc2)[C@@]2(OC[C@@H](O)[C@H](O)[C@@H]2O)O1. The zero-order chi connectivity index (χ0) is 15.2. The molecule has 114 valence electrons. The van der Waals surface area contributed by atoms with Gasteiger partial charge in [-0.15, -0.1) is 0 Å². The number of phenolic OH excluding ortho intramolecular Hbond substituents is 1. The van der Waals surface area contributed by atoms with Crippen LogP contribution in [0.15, 0.2) is 24.3 Å². The number of aliphatic hydroxyl groups excluding tert-OH is 3. The molecular weight excluding hydrogens is 280 g/mol. The molecular formula is C14H16O7. The van der Waals surface area contributed by atoms with E-state index in [4.69, 9.17) is 9.47 Å². The monoisotopic (exact) mass is 296 g/mol. The number of hydrogen-bond donors (Lipinski definition) is 4. The molecule has 4 N–H and O–H groups in total. The number of aliphatic hydroxyl groups is 3. The molecule has 0 aromatic heterocycles. The smallest absolute Gasteiger partial charge is 0.309 e. The van der Waals surface area contributed by atoms with E-state index in [-0.39, 0.29) is 18.8 Å². The third-order valence-electron chi connectivity index (χ3n) is 4.03. The second-order valence-corrected chi connectivity index (χ2v) is 5.36. The number of hydrogen-bond acceptors (Lipinski definition) is 7. The van der Waals surface area contributed by atoms with Gasteiger partial charge in [-0.2, -0.15) is 0 Å². The molecule has 7 nitrogen and oxygen atoms in total. The van der Waals surface area contributed by atoms with E-state index >= 15 is 0 Å². The van der Waals surface area contributed by atoms with Crippen molar-refractivity contribution in [2.75, 3.05) is 6.61 Å². The number of phenols is 1. The average molecular weight is 296 g/mol. The number of rotatable bonds is 1. The zero-order valence-electron chi connectivity index (χ0n) is 11.0. The summed E-state index contributed by atoms with van der Waals surface area (Å²) in [5, 5.41) is 39.0. The Bertz CT molecular complexity index is 543. The molecule has 1 aromatic carbocycles. The third-order valence-corrected chi connectivity index (χ3v) is 4.03. The van der Waals surface area contributed by atoms with E-state index in [0.29, 0.717) is 5.56 Å². The van der Waals surface area contributed by atoms with E-state index in [9.17, 15) is 25.2 Å². The second kappa shape index (κ2) is 4.96. The number of esters is 1. The predicted octanol–water partition coefficient (Wildman–Crippen LogP) is -0.768. The maximum Gasteiger partial charge on any atom is 0.309 e. The van der Waals surface area contributed by atoms with Crippen molar-refractivity contribution in [3.8, 4) is 5.75 Å². The van der Waals surface area contributed by atoms with Crippen molar-refractivity contribution >= 4 is 5.97 Å². The Balaban J connectivity index is 1.99. The lowest BCUT2D eigenvalue weighted by molar-refractivity contribution is -0.320. The summed E-state index contributed by atoms with van der Waals surface area (Å²) >= 11 is 0. The summed E-state index contributed by atoms with van der Waals surface area (Å²) in [7, 11) is 0. The number of carbonyl (C=O) groups is 1. The van der Waals surface area contributed by atoms with Crippen LogP contribution in [-0.4, -0.2) is 57.1 Å². The van der Waals surface area contributed by atoms with Gasteiger partial charge in [-0.25, -0.2) is 0 Å². The molecule has 2 aliphatic rings. The van der Waals surface area contributed by atoms with Gasteiger partial charge in [0.2, 0.25) is 5.79 Å². The third kappa shape index (κ3) is 2.18. The minimum atomic E-state index is -1.72. The summed E-state index contributed by atoms with van der Waals surface area (Å²) in [5.74, 6) is -2.84. The van der Waals surface area contributed by atoms with Gasteiger partial charge in [-0.1, -0.05) is 12.1 Å². The van der Waals surface area contributed by atoms with E-state index in [1.807, 2.05) is 0 Å². The maximum absolute atomic E-state index is 11.7. The first-order valence-electron chi connectivity index (χ1n) is 6.63. The summed E-state index contributed by atoms with van der Waals surface area (Å²) in [6.07, 6.45) is -4.30. The first kappa shape index (κ1) is 14.3. The molecule has 2 saturated heterocycles. The van der Waals surface area contributed by atoms with Crippen LogP contribution in [0.5, 0.6) is 5.75 Å². The van der Waals surface area contributed by atoms with Gasteiger partial charge in [0.15, 0.2) is 0 Å². The van der Waals surface area contributed by atoms with Gasteiger partial charge in [0.1, 0.15) is 24.1 Å². The van der Waals surface area contributed by atoms with Crippen molar-refractivity contribution in [2.45, 2.75) is 36.4 Å². The van der Waals surface area contributed by atoms with Gasteiger partial charge in [-0.05, 0) is 17.7 Å². The van der Waals surface area contributed by atoms with Crippen LogP contribution >= 0.6 is 0 Å². The molecule has 0 radical (unpaired) electrons. The minimum absolute atomic E-state index is 0.0232. The normalized spacial score (nSPS) is 39.5. The fourth-order valence-electron chi connectivity index (χ4n) is 2.90. The first-order valence-corrected chi connectivity index (χ1v) is 6.63. The molecule has 2 fully saturated rings. The van der Waals surface area contributed by atoms with Crippen LogP contribution < -0.4 is 0 Å². The van der Waals surface area contributed by atoms with E-state index < -0.39 is 36.0 Å². The number of benzene rings is 1. The largest absolute Gasteiger partial charge is 0.508 e. The van der Waals surface area contributed by atoms with Crippen LogP contribution in [0.1, 0.15) is 17.9 Å². The highest BCUT2D eigenvalue weighted by Crippen LogP contribution is 2.47. The molecule has 0 bridgehead atoms. The molecule has 5 atom stereocenters. The molecule has 2 heterocycles. The fourth-order valence-corrected chi connectivity index (χ4v) is 2.90. The number of carbonyl (C=O) groups excluding carboxylic acids is 1. The summed E-state index contributed by atoms with van der Waals surface area (Å²) in [5.41, 5.74) is 0.626. The molecule has 1 aromatic rings. The van der Waals surface area contributed by atoms with Crippen molar-refractivity contribution in [1.82, 2.24) is 0 Å². The fraction of sp³-hybridized carbons (Fsp3) is 0.500. The van der Waals surface area contributed by atoms with Crippen LogP contribution in [0, 0.1) is 0 Å². The summed E-state index contributed by atoms with van der Waals surface area (Å²) < 4.78 is 10.6. The second-order valence-electron chi connectivity index (χ2n) is 5.36. The maximum atomic E-state index is 11.7. The molecule has 1 spiro atoms. The van der Waals surface area contributed by atoms with Crippen LogP contribution in [0.3, 0.4) is 0 Å². The van der Waals surface area contributed by atoms with Gasteiger partial charge in [0.05, 0.1) is 18.9 Å². The molecule has 0 saturated carbocycles. The molecule has 2 aliphatic heterocycles. The van der Waals surface area contributed by atoms with Gasteiger partial charge in [0, 0.05) is 0 Å². The number of aromatic hydroxyl groups is 1. The van der Waals surface area contributed by atoms with E-state index in [0.717, 1.165) is 0 Å². The Labute approximate surface area is 120 Å². The lowest BCUT2D eigenvalue weighted by Crippen LogP contribution is -2.62. The topological polar surface area (TPSA) is 116 Å². The van der Waals surface area contributed by atoms with Crippen molar-refractivity contribution in [1.29, 1.82) is 0 Å². The molecule has 0 aliphatic carbocycles. The average Bonchev–Trinajstić information content (AvgIpc) is 2.80. The highest BCUT2D eigenvalue weighted by Gasteiger charge is 2.61. The van der Waals surface area contributed by atoms with E-state index in [1.54, 1.807) is 12.1 Å². The van der Waals surface area contributed by atoms with Crippen molar-refractivity contribution < 1.29 is 34.7 Å². The summed E-state index contributed by atoms with van der Waals surface area (Å²) in [6, 6.07) is 6.09. The van der Waals surface area contributed by atoms with Crippen LogP contribution in [0.2, 0.25) is 0 Å². The van der Waals surface area contributed by atoms with E-state index in [2.05, 4.69) is 0 Å². The van der Waals surface area contributed by atoms with Crippen LogP contribution in [0.25, 0.3) is 0 Å². The summed E-state index contributed by atoms with van der Waals surface area (Å²) in [4.78, 5) is 11.7. The Morgan fingerprint density at radius 2 is 1.81 bits per heavy atom. The zero-order valence-corrected chi connectivity index (χ0v) is 11.0. The van der Waals surface area contributed by atoms with E-state index in [1.165, 1.54) is 12.1 Å². The van der Waals surface area contributed by atoms with Crippen LogP contribution in [0.4, 0.5) is 0 Å². The summed E-state index contributed by atoms with van der Waals surface area (Å²) in [6.45, 7) is -0.250.